The van der Waals surface area contributed by atoms with Crippen molar-refractivity contribution in [3.63, 3.8) is 0 Å². The minimum atomic E-state index is 0.133. The number of carbonyl (C=O) groups is 1. The number of hydrogen-bond acceptors (Lipinski definition) is 4. The number of hydrogen-bond donors (Lipinski definition) is 1. The van der Waals surface area contributed by atoms with Crippen molar-refractivity contribution in [1.82, 2.24) is 20.0 Å². The van der Waals surface area contributed by atoms with Gasteiger partial charge in [-0.25, -0.2) is 0 Å². The number of amides is 1. The first-order chi connectivity index (χ1) is 14.7. The topological polar surface area (TPSA) is 60.4 Å². The summed E-state index contributed by atoms with van der Waals surface area (Å²) in [7, 11) is 0. The Morgan fingerprint density at radius 1 is 1.13 bits per heavy atom. The van der Waals surface area contributed by atoms with Gasteiger partial charge in [-0.1, -0.05) is 23.7 Å². The smallest absolute Gasteiger partial charge is 0.242 e. The van der Waals surface area contributed by atoms with E-state index in [0.717, 1.165) is 76.8 Å². The van der Waals surface area contributed by atoms with E-state index in [0.29, 0.717) is 24.7 Å². The number of benzene rings is 1. The first kappa shape index (κ1) is 22.8. The quantitative estimate of drug-likeness (QED) is 0.385. The largest absolute Gasteiger partial charge is 0.379 e. The number of carbonyl (C=O) groups excluding carboxylic acids is 1. The van der Waals surface area contributed by atoms with Crippen LogP contribution in [0.25, 0.3) is 0 Å². The third-order valence-corrected chi connectivity index (χ3v) is 5.74. The second kappa shape index (κ2) is 12.1. The molecule has 166 valence electrons. The second-order valence-corrected chi connectivity index (χ2v) is 8.20. The van der Waals surface area contributed by atoms with E-state index in [-0.39, 0.29) is 5.91 Å². The summed E-state index contributed by atoms with van der Waals surface area (Å²) in [5, 5.41) is 4.06. The summed E-state index contributed by atoms with van der Waals surface area (Å²) in [6, 6.07) is 7.69. The Morgan fingerprint density at radius 2 is 1.90 bits per heavy atom. The van der Waals surface area contributed by atoms with Gasteiger partial charge in [0.1, 0.15) is 0 Å². The van der Waals surface area contributed by atoms with E-state index < -0.39 is 0 Å². The molecule has 2 aliphatic rings. The van der Waals surface area contributed by atoms with E-state index >= 15 is 0 Å². The normalized spacial score (nSPS) is 18.7. The Kier molecular flexibility index (Phi) is 9.24. The molecule has 1 amide bonds. The van der Waals surface area contributed by atoms with Crippen molar-refractivity contribution in [2.45, 2.75) is 26.3 Å². The van der Waals surface area contributed by atoms with Crippen molar-refractivity contribution in [3.05, 3.63) is 34.9 Å². The lowest BCUT2D eigenvalue weighted by molar-refractivity contribution is -0.135. The van der Waals surface area contributed by atoms with Gasteiger partial charge < -0.3 is 19.9 Å². The van der Waals surface area contributed by atoms with Gasteiger partial charge in [0, 0.05) is 50.8 Å². The van der Waals surface area contributed by atoms with Crippen molar-refractivity contribution in [1.29, 1.82) is 0 Å². The second-order valence-electron chi connectivity index (χ2n) is 7.76. The first-order valence-electron chi connectivity index (χ1n) is 11.0. The standard InChI is InChI=1S/C22H34ClN5O2/c1-2-24-22(25-9-3-4-10-26-13-15-30-16-14-26)28-12-11-27(21(29)18-28)17-19-5-7-20(23)8-6-19/h5-8H,2-4,9-18H2,1H3,(H,24,25). The van der Waals surface area contributed by atoms with Crippen LogP contribution in [0.3, 0.4) is 0 Å². The molecule has 0 radical (unpaired) electrons. The Morgan fingerprint density at radius 3 is 2.60 bits per heavy atom. The minimum absolute atomic E-state index is 0.133. The summed E-state index contributed by atoms with van der Waals surface area (Å²) >= 11 is 5.95. The van der Waals surface area contributed by atoms with Crippen molar-refractivity contribution >= 4 is 23.5 Å². The summed E-state index contributed by atoms with van der Waals surface area (Å²) in [5.41, 5.74) is 1.10. The predicted octanol–water partition coefficient (Wildman–Crippen LogP) is 2.06. The first-order valence-corrected chi connectivity index (χ1v) is 11.4. The summed E-state index contributed by atoms with van der Waals surface area (Å²) in [4.78, 5) is 23.9. The average Bonchev–Trinajstić information content (AvgIpc) is 2.76. The number of guanidine groups is 1. The predicted molar refractivity (Wildman–Crippen MR) is 121 cm³/mol. The molecule has 30 heavy (non-hydrogen) atoms. The highest BCUT2D eigenvalue weighted by Crippen LogP contribution is 2.14. The highest BCUT2D eigenvalue weighted by atomic mass is 35.5. The molecule has 0 aliphatic carbocycles. The van der Waals surface area contributed by atoms with Crippen LogP contribution in [-0.4, -0.2) is 92.1 Å². The molecule has 0 atom stereocenters. The molecule has 2 fully saturated rings. The Bertz CT molecular complexity index is 691. The lowest BCUT2D eigenvalue weighted by Crippen LogP contribution is -2.55. The Labute approximate surface area is 185 Å². The zero-order valence-corrected chi connectivity index (χ0v) is 18.7. The van der Waals surface area contributed by atoms with Gasteiger partial charge >= 0.3 is 0 Å². The molecule has 3 rings (SSSR count). The monoisotopic (exact) mass is 435 g/mol. The van der Waals surface area contributed by atoms with Crippen LogP contribution in [0, 0.1) is 0 Å². The fraction of sp³-hybridized carbons (Fsp3) is 0.636. The Hall–Kier alpha value is -1.83. The molecule has 2 aliphatic heterocycles. The number of unbranched alkanes of at least 4 members (excludes halogenated alkanes) is 1. The zero-order valence-electron chi connectivity index (χ0n) is 18.0. The summed E-state index contributed by atoms with van der Waals surface area (Å²) in [5.74, 6) is 0.984. The molecule has 0 unspecified atom stereocenters. The van der Waals surface area contributed by atoms with Gasteiger partial charge in [0.15, 0.2) is 5.96 Å². The van der Waals surface area contributed by atoms with E-state index in [1.165, 1.54) is 0 Å². The lowest BCUT2D eigenvalue weighted by atomic mass is 10.2. The van der Waals surface area contributed by atoms with Crippen LogP contribution in [-0.2, 0) is 16.1 Å². The zero-order chi connectivity index (χ0) is 21.2. The molecule has 0 bridgehead atoms. The van der Waals surface area contributed by atoms with Gasteiger partial charge in [-0.2, -0.15) is 0 Å². The van der Waals surface area contributed by atoms with E-state index in [9.17, 15) is 4.79 Å². The molecule has 0 saturated carbocycles. The Balaban J connectivity index is 1.44. The molecule has 1 N–H and O–H groups in total. The van der Waals surface area contributed by atoms with Gasteiger partial charge in [0.05, 0.1) is 19.8 Å². The molecule has 1 aromatic rings. The number of rotatable bonds is 8. The van der Waals surface area contributed by atoms with Crippen molar-refractivity contribution in [2.75, 3.05) is 65.6 Å². The molecule has 8 heteroatoms. The van der Waals surface area contributed by atoms with E-state index in [2.05, 4.69) is 22.0 Å². The SMILES string of the molecule is CCNC(=NCCCCN1CCOCC1)N1CCN(Cc2ccc(Cl)cc2)C(=O)C1. The molecule has 2 heterocycles. The lowest BCUT2D eigenvalue weighted by Gasteiger charge is -2.36. The molecule has 7 nitrogen and oxygen atoms in total. The van der Waals surface area contributed by atoms with Gasteiger partial charge in [-0.05, 0) is 44.0 Å². The molecule has 1 aromatic carbocycles. The highest BCUT2D eigenvalue weighted by molar-refractivity contribution is 6.30. The summed E-state index contributed by atoms with van der Waals surface area (Å²) in [6.45, 7) is 11.0. The van der Waals surface area contributed by atoms with Crippen molar-refractivity contribution in [3.8, 4) is 0 Å². The molecular weight excluding hydrogens is 402 g/mol. The summed E-state index contributed by atoms with van der Waals surface area (Å²) in [6.07, 6.45) is 2.19. The number of morpholine rings is 1. The van der Waals surface area contributed by atoms with E-state index in [1.54, 1.807) is 0 Å². The fourth-order valence-electron chi connectivity index (χ4n) is 3.75. The molecular formula is C22H34ClN5O2. The minimum Gasteiger partial charge on any atom is -0.379 e. The third kappa shape index (κ3) is 7.15. The molecule has 2 saturated heterocycles. The van der Waals surface area contributed by atoms with E-state index in [1.807, 2.05) is 29.2 Å². The maximum atomic E-state index is 12.7. The average molecular weight is 436 g/mol. The van der Waals surface area contributed by atoms with Gasteiger partial charge in [-0.3, -0.25) is 14.7 Å². The third-order valence-electron chi connectivity index (χ3n) is 5.49. The van der Waals surface area contributed by atoms with Crippen LogP contribution in [0.2, 0.25) is 5.02 Å². The van der Waals surface area contributed by atoms with Crippen LogP contribution < -0.4 is 5.32 Å². The number of nitrogens with one attached hydrogen (secondary N) is 1. The van der Waals surface area contributed by atoms with Crippen LogP contribution >= 0.6 is 11.6 Å². The van der Waals surface area contributed by atoms with Gasteiger partial charge in [0.25, 0.3) is 0 Å². The molecule has 0 aromatic heterocycles. The maximum Gasteiger partial charge on any atom is 0.242 e. The number of aliphatic imine (C=N–C) groups is 1. The number of piperazine rings is 1. The van der Waals surface area contributed by atoms with Gasteiger partial charge in [0.2, 0.25) is 5.91 Å². The number of nitrogens with zero attached hydrogens (tertiary/aromatic N) is 4. The maximum absolute atomic E-state index is 12.7. The van der Waals surface area contributed by atoms with Crippen LogP contribution in [0.5, 0.6) is 0 Å². The van der Waals surface area contributed by atoms with Crippen molar-refractivity contribution in [2.24, 2.45) is 4.99 Å². The molecule has 0 spiro atoms. The van der Waals surface area contributed by atoms with E-state index in [4.69, 9.17) is 21.3 Å². The number of halogens is 1. The summed E-state index contributed by atoms with van der Waals surface area (Å²) < 4.78 is 5.39. The van der Waals surface area contributed by atoms with Crippen LogP contribution in [0.15, 0.2) is 29.3 Å². The fourth-order valence-corrected chi connectivity index (χ4v) is 3.88. The van der Waals surface area contributed by atoms with Crippen molar-refractivity contribution < 1.29 is 9.53 Å². The van der Waals surface area contributed by atoms with Crippen LogP contribution in [0.1, 0.15) is 25.3 Å². The highest BCUT2D eigenvalue weighted by Gasteiger charge is 2.25. The van der Waals surface area contributed by atoms with Crippen LogP contribution in [0.4, 0.5) is 0 Å². The number of ether oxygens (including phenoxy) is 1. The van der Waals surface area contributed by atoms with Gasteiger partial charge in [-0.15, -0.1) is 0 Å².